The van der Waals surface area contributed by atoms with Gasteiger partial charge < -0.3 is 18.9 Å². The third-order valence-electron chi connectivity index (χ3n) is 26.3. The molecule has 0 fully saturated rings. The Hall–Kier alpha value is -17.2. The summed E-state index contributed by atoms with van der Waals surface area (Å²) in [6, 6.07) is 188. The predicted octanol–water partition coefficient (Wildman–Crippen LogP) is 35.0. The van der Waals surface area contributed by atoms with Crippen molar-refractivity contribution >= 4 is 110 Å². The van der Waals surface area contributed by atoms with E-state index in [1.54, 1.807) is 0 Å². The van der Waals surface area contributed by atoms with E-state index in [4.69, 9.17) is 0 Å². The van der Waals surface area contributed by atoms with Crippen LogP contribution in [0.4, 0.5) is 34.1 Å². The zero-order valence-corrected chi connectivity index (χ0v) is 71.3. The molecule has 608 valence electrons. The van der Waals surface area contributed by atoms with Crippen LogP contribution in [0.3, 0.4) is 0 Å². The molecule has 4 heteroatoms. The molecule has 2 aromatic heterocycles. The van der Waals surface area contributed by atoms with E-state index < -0.39 is 0 Å². The second-order valence-electron chi connectivity index (χ2n) is 33.8. The first-order valence-corrected chi connectivity index (χ1v) is 44.7. The van der Waals surface area contributed by atoms with Crippen molar-refractivity contribution in [3.05, 3.63) is 510 Å². The first-order chi connectivity index (χ1) is 64.5. The Morgan fingerprint density at radius 2 is 0.415 bits per heavy atom. The number of aromatic nitrogens is 2. The molecular formula is C126H84N4. The van der Waals surface area contributed by atoms with Crippen molar-refractivity contribution in [3.63, 3.8) is 0 Å². The fourth-order valence-corrected chi connectivity index (χ4v) is 20.1. The molecule has 0 aliphatic rings. The van der Waals surface area contributed by atoms with E-state index in [0.29, 0.717) is 0 Å². The molecule has 0 atom stereocenters. The Bertz CT molecular complexity index is 8400. The number of hydrogen-bond acceptors (Lipinski definition) is 2. The van der Waals surface area contributed by atoms with Crippen molar-refractivity contribution in [1.82, 2.24) is 9.13 Å². The number of nitrogens with zero attached hydrogens (tertiary/aromatic N) is 4. The van der Waals surface area contributed by atoms with Gasteiger partial charge in [-0.2, -0.15) is 0 Å². The van der Waals surface area contributed by atoms with Gasteiger partial charge in [0.15, 0.2) is 0 Å². The van der Waals surface area contributed by atoms with Gasteiger partial charge in [0.2, 0.25) is 0 Å². The number of fused-ring (bicyclic) bond motifs is 9. The number of anilines is 6. The Kier molecular flexibility index (Phi) is 19.3. The Labute approximate surface area is 755 Å². The minimum Gasteiger partial charge on any atom is -0.310 e. The highest BCUT2D eigenvalue weighted by Gasteiger charge is 2.26. The lowest BCUT2D eigenvalue weighted by Gasteiger charge is -2.30. The second-order valence-corrected chi connectivity index (χ2v) is 33.8. The molecule has 0 unspecified atom stereocenters. The number of para-hydroxylation sites is 5. The molecule has 0 amide bonds. The van der Waals surface area contributed by atoms with Gasteiger partial charge in [-0.15, -0.1) is 0 Å². The van der Waals surface area contributed by atoms with E-state index in [0.717, 1.165) is 140 Å². The Balaban J connectivity index is 0.595. The monoisotopic (exact) mass is 1650 g/mol. The summed E-state index contributed by atoms with van der Waals surface area (Å²) in [5, 5.41) is 12.2. The fraction of sp³-hybridized carbons (Fsp3) is 0. The highest BCUT2D eigenvalue weighted by Crippen LogP contribution is 2.50. The van der Waals surface area contributed by atoms with E-state index in [2.05, 4.69) is 529 Å². The summed E-state index contributed by atoms with van der Waals surface area (Å²) < 4.78 is 4.94. The van der Waals surface area contributed by atoms with Crippen LogP contribution in [0.1, 0.15) is 0 Å². The van der Waals surface area contributed by atoms with Gasteiger partial charge in [0.05, 0.1) is 50.5 Å². The van der Waals surface area contributed by atoms with Crippen LogP contribution in [-0.4, -0.2) is 9.13 Å². The molecule has 0 aliphatic heterocycles. The lowest BCUT2D eigenvalue weighted by molar-refractivity contribution is 1.18. The summed E-state index contributed by atoms with van der Waals surface area (Å²) >= 11 is 0. The molecule has 0 spiro atoms. The lowest BCUT2D eigenvalue weighted by atomic mass is 9.94. The van der Waals surface area contributed by atoms with Crippen molar-refractivity contribution in [2.24, 2.45) is 0 Å². The zero-order chi connectivity index (χ0) is 86.0. The largest absolute Gasteiger partial charge is 0.310 e. The van der Waals surface area contributed by atoms with Gasteiger partial charge in [0.1, 0.15) is 0 Å². The molecule has 0 bridgehead atoms. The summed E-state index contributed by atoms with van der Waals surface area (Å²) in [5.74, 6) is 0. The van der Waals surface area contributed by atoms with Gasteiger partial charge in [-0.25, -0.2) is 0 Å². The normalized spacial score (nSPS) is 11.5. The SMILES string of the molecule is c1ccc(-c2cc(-c3ccccc3-n3c4ccccc4c4ccccc43)ccc2N(c2ccc(-c3cccc(-c4ccc5c6ccccc6n(-c6ccccc6-c6ccc(N(c7ccc(-c8cccc(-c9cccc%10ccccc9%10)c8)cc7)c7cccc8ccccc78)c(-c7ccccc7)c6)c5c4)c3)cc2)c2ccc(-c3cccc(-c4cccc5ccccc45)c3)cc2)cc1. The Morgan fingerprint density at radius 3 is 0.885 bits per heavy atom. The highest BCUT2D eigenvalue weighted by atomic mass is 15.2. The Morgan fingerprint density at radius 1 is 0.131 bits per heavy atom. The summed E-state index contributed by atoms with van der Waals surface area (Å²) in [6.45, 7) is 0. The minimum absolute atomic E-state index is 1.03. The van der Waals surface area contributed by atoms with E-state index in [9.17, 15) is 0 Å². The lowest BCUT2D eigenvalue weighted by Crippen LogP contribution is -2.12. The molecule has 0 N–H and O–H groups in total. The van der Waals surface area contributed by atoms with Crippen LogP contribution in [-0.2, 0) is 0 Å². The molecule has 0 saturated heterocycles. The predicted molar refractivity (Wildman–Crippen MR) is 551 cm³/mol. The van der Waals surface area contributed by atoms with Crippen LogP contribution in [0.2, 0.25) is 0 Å². The average molecular weight is 1650 g/mol. The van der Waals surface area contributed by atoms with E-state index in [1.165, 1.54) is 92.7 Å². The molecule has 24 aromatic rings. The maximum atomic E-state index is 2.50. The second kappa shape index (κ2) is 32.7. The smallest absolute Gasteiger partial charge is 0.0547 e. The zero-order valence-electron chi connectivity index (χ0n) is 71.3. The van der Waals surface area contributed by atoms with Gasteiger partial charge in [-0.05, 0) is 237 Å². The van der Waals surface area contributed by atoms with E-state index in [1.807, 2.05) is 0 Å². The average Bonchev–Trinajstić information content (AvgIpc) is 1.50. The van der Waals surface area contributed by atoms with Crippen LogP contribution in [0, 0.1) is 0 Å². The number of benzene rings is 22. The standard InChI is InChI=1S/C126H84N4/c1-3-29-91(30-4-1)116-82-100(110-48-13-18-55-119(110)129-121-57-20-15-50-112(121)113-51-16-21-58-122(113)129)68-77-124(116)127(103-72-63-86(64-73-103)94-40-24-43-98(80-94)107-53-26-36-88-33-7-10-45-105(88)107)102-70-61-85(62-71-102)93-39-23-42-96(79-93)97-67-76-115-114-52-17-22-59-123(114)130(126(115)84-97)120-56-19-14-49-111(120)101-69-78-125(117(83-101)92-31-5-2-6-32-92)128(118-60-28-38-90-35-9-12-47-109(90)118)104-74-65-87(66-75-104)95-41-25-44-99(81-95)108-54-27-37-89-34-8-11-46-106(89)108/h1-84H. The molecule has 22 aromatic carbocycles. The van der Waals surface area contributed by atoms with Gasteiger partial charge in [-0.1, -0.05) is 388 Å². The molecule has 0 radical (unpaired) electrons. The molecule has 2 heterocycles. The highest BCUT2D eigenvalue weighted by molar-refractivity contribution is 6.13. The van der Waals surface area contributed by atoms with Crippen molar-refractivity contribution in [3.8, 4) is 123 Å². The van der Waals surface area contributed by atoms with Crippen LogP contribution in [0.25, 0.3) is 199 Å². The molecule has 0 saturated carbocycles. The summed E-state index contributed by atoms with van der Waals surface area (Å²) in [4.78, 5) is 4.91. The quantitative estimate of drug-likeness (QED) is 0.0851. The fourth-order valence-electron chi connectivity index (χ4n) is 20.1. The molecule has 24 rings (SSSR count). The van der Waals surface area contributed by atoms with Crippen LogP contribution < -0.4 is 9.80 Å². The first kappa shape index (κ1) is 76.5. The summed E-state index contributed by atoms with van der Waals surface area (Å²) in [6.07, 6.45) is 0. The van der Waals surface area contributed by atoms with Crippen molar-refractivity contribution in [2.75, 3.05) is 9.80 Å². The van der Waals surface area contributed by atoms with Gasteiger partial charge >= 0.3 is 0 Å². The van der Waals surface area contributed by atoms with Gasteiger partial charge in [0, 0.05) is 66.2 Å². The van der Waals surface area contributed by atoms with Gasteiger partial charge in [0.25, 0.3) is 0 Å². The van der Waals surface area contributed by atoms with Crippen LogP contribution >= 0.6 is 0 Å². The van der Waals surface area contributed by atoms with E-state index >= 15 is 0 Å². The summed E-state index contributed by atoms with van der Waals surface area (Å²) in [5.41, 5.74) is 36.1. The molecular weight excluding hydrogens is 1570 g/mol. The van der Waals surface area contributed by atoms with Crippen molar-refractivity contribution < 1.29 is 0 Å². The third kappa shape index (κ3) is 13.7. The number of hydrogen-bond donors (Lipinski definition) is 0. The molecule has 4 nitrogen and oxygen atoms in total. The molecule has 130 heavy (non-hydrogen) atoms. The van der Waals surface area contributed by atoms with Gasteiger partial charge in [-0.3, -0.25) is 0 Å². The van der Waals surface area contributed by atoms with Crippen molar-refractivity contribution in [1.29, 1.82) is 0 Å². The minimum atomic E-state index is 1.03. The van der Waals surface area contributed by atoms with E-state index in [-0.39, 0.29) is 0 Å². The van der Waals surface area contributed by atoms with Crippen LogP contribution in [0.15, 0.2) is 510 Å². The van der Waals surface area contributed by atoms with Crippen LogP contribution in [0.5, 0.6) is 0 Å². The third-order valence-corrected chi connectivity index (χ3v) is 26.3. The molecule has 0 aliphatic carbocycles. The summed E-state index contributed by atoms with van der Waals surface area (Å²) in [7, 11) is 0. The topological polar surface area (TPSA) is 16.3 Å². The van der Waals surface area contributed by atoms with Crippen molar-refractivity contribution in [2.45, 2.75) is 0 Å². The maximum Gasteiger partial charge on any atom is 0.0547 e. The number of rotatable bonds is 18. The maximum absolute atomic E-state index is 2.50. The first-order valence-electron chi connectivity index (χ1n) is 44.7.